The maximum Gasteiger partial charge on any atom is 0.334 e. The molecule has 26 heavy (non-hydrogen) atoms. The van der Waals surface area contributed by atoms with Crippen molar-refractivity contribution in [1.29, 1.82) is 0 Å². The minimum atomic E-state index is -1.57. The summed E-state index contributed by atoms with van der Waals surface area (Å²) in [6, 6.07) is 0. The van der Waals surface area contributed by atoms with E-state index < -0.39 is 61.1 Å². The van der Waals surface area contributed by atoms with Gasteiger partial charge in [-0.25, -0.2) is 4.79 Å². The second-order valence-electron chi connectivity index (χ2n) is 7.37. The van der Waals surface area contributed by atoms with Gasteiger partial charge in [-0.05, 0) is 13.3 Å². The van der Waals surface area contributed by atoms with Crippen LogP contribution in [0.4, 0.5) is 0 Å². The molecule has 2 saturated heterocycles. The Morgan fingerprint density at radius 3 is 2.65 bits per heavy atom. The molecule has 0 aromatic rings. The molecule has 0 spiro atoms. The van der Waals surface area contributed by atoms with Crippen LogP contribution in [-0.4, -0.2) is 86.8 Å². The normalized spacial score (nSPS) is 52.5. The maximum atomic E-state index is 11.4. The predicted molar refractivity (Wildman–Crippen MR) is 80.3 cm³/mol. The lowest BCUT2D eigenvalue weighted by Crippen LogP contribution is -2.60. The molecule has 0 aromatic heterocycles. The molecule has 4 rings (SSSR count). The van der Waals surface area contributed by atoms with Gasteiger partial charge in [0.25, 0.3) is 0 Å². The molecular weight excluding hydrogens is 352 g/mol. The number of fused-ring (bicyclic) bond motifs is 3. The number of hydrogen-bond acceptors (Lipinski definition) is 9. The predicted octanol–water partition coefficient (Wildman–Crippen LogP) is -2.08. The van der Waals surface area contributed by atoms with E-state index in [2.05, 4.69) is 0 Å². The van der Waals surface area contributed by atoms with E-state index in [1.54, 1.807) is 0 Å². The molecular formula is C16H22O10. The standard InChI is InChI=1S/C16H22O10/c1-16-8(26-16)2-5-6(13(21)22)4-23-14(9(5)16)25-15-12(20)11(19)10(18)7(3-17)24-15/h4-5,7-12,14-15,17-20H,2-3H2,1H3,(H,21,22)/t5-,7-,8+,9-,10-,11+,12-,14+,15+,16+/m1/s1. The van der Waals surface area contributed by atoms with Crippen LogP contribution in [0.15, 0.2) is 11.8 Å². The Morgan fingerprint density at radius 1 is 1.27 bits per heavy atom. The molecule has 146 valence electrons. The molecule has 0 bridgehead atoms. The summed E-state index contributed by atoms with van der Waals surface area (Å²) >= 11 is 0. The van der Waals surface area contributed by atoms with E-state index in [1.165, 1.54) is 0 Å². The highest BCUT2D eigenvalue weighted by Gasteiger charge is 2.70. The number of aliphatic hydroxyl groups excluding tert-OH is 4. The molecule has 0 amide bonds. The summed E-state index contributed by atoms with van der Waals surface area (Å²) in [4.78, 5) is 11.4. The van der Waals surface area contributed by atoms with Crippen LogP contribution in [0.25, 0.3) is 0 Å². The molecule has 0 unspecified atom stereocenters. The fraction of sp³-hybridized carbons (Fsp3) is 0.812. The molecule has 0 aromatic carbocycles. The van der Waals surface area contributed by atoms with Crippen molar-refractivity contribution in [2.75, 3.05) is 6.61 Å². The Bertz CT molecular complexity index is 620. The number of aliphatic carboxylic acids is 1. The first-order valence-electron chi connectivity index (χ1n) is 8.50. The monoisotopic (exact) mass is 374 g/mol. The lowest BCUT2D eigenvalue weighted by Gasteiger charge is -2.43. The zero-order valence-corrected chi connectivity index (χ0v) is 14.0. The SMILES string of the molecule is C[C@]12O[C@H]1C[C@@H]1C(C(=O)O)=CO[C@@H](O[C@@H]3O[C@H](CO)[C@@H](O)[C@H](O)[C@H]3O)[C@@H]12. The summed E-state index contributed by atoms with van der Waals surface area (Å²) in [5, 5.41) is 48.5. The van der Waals surface area contributed by atoms with Gasteiger partial charge >= 0.3 is 5.97 Å². The van der Waals surface area contributed by atoms with Crippen LogP contribution in [0.5, 0.6) is 0 Å². The second-order valence-corrected chi connectivity index (χ2v) is 7.37. The zero-order chi connectivity index (χ0) is 18.8. The summed E-state index contributed by atoms with van der Waals surface area (Å²) in [6.45, 7) is 1.27. The van der Waals surface area contributed by atoms with Gasteiger partial charge in [0.1, 0.15) is 30.0 Å². The summed E-state index contributed by atoms with van der Waals surface area (Å²) in [5.74, 6) is -1.84. The van der Waals surface area contributed by atoms with Crippen LogP contribution in [0.2, 0.25) is 0 Å². The first-order chi connectivity index (χ1) is 12.3. The average Bonchev–Trinajstić information content (AvgIpc) is 3.16. The third-order valence-corrected chi connectivity index (χ3v) is 5.93. The van der Waals surface area contributed by atoms with E-state index in [0.717, 1.165) is 6.26 Å². The van der Waals surface area contributed by atoms with Crippen LogP contribution in [0.1, 0.15) is 13.3 Å². The number of ether oxygens (including phenoxy) is 4. The van der Waals surface area contributed by atoms with Gasteiger partial charge < -0.3 is 44.5 Å². The topological polar surface area (TPSA) is 158 Å². The van der Waals surface area contributed by atoms with Gasteiger partial charge in [-0.2, -0.15) is 0 Å². The quantitative estimate of drug-likeness (QED) is 0.346. The van der Waals surface area contributed by atoms with Crippen LogP contribution < -0.4 is 0 Å². The van der Waals surface area contributed by atoms with Gasteiger partial charge in [-0.3, -0.25) is 0 Å². The minimum absolute atomic E-state index is 0.0946. The average molecular weight is 374 g/mol. The van der Waals surface area contributed by atoms with E-state index in [4.69, 9.17) is 18.9 Å². The number of carbonyl (C=O) groups is 1. The minimum Gasteiger partial charge on any atom is -0.478 e. The van der Waals surface area contributed by atoms with Crippen LogP contribution >= 0.6 is 0 Å². The van der Waals surface area contributed by atoms with Crippen molar-refractivity contribution >= 4 is 5.97 Å². The first kappa shape index (κ1) is 18.1. The van der Waals surface area contributed by atoms with Gasteiger partial charge in [0.2, 0.25) is 6.29 Å². The molecule has 0 radical (unpaired) electrons. The zero-order valence-electron chi connectivity index (χ0n) is 14.0. The largest absolute Gasteiger partial charge is 0.478 e. The Morgan fingerprint density at radius 2 is 2.00 bits per heavy atom. The third-order valence-electron chi connectivity index (χ3n) is 5.93. The van der Waals surface area contributed by atoms with Gasteiger partial charge in [0.15, 0.2) is 6.29 Å². The van der Waals surface area contributed by atoms with Gasteiger partial charge in [-0.15, -0.1) is 0 Å². The van der Waals surface area contributed by atoms with Crippen molar-refractivity contribution < 1.29 is 49.3 Å². The fourth-order valence-electron chi connectivity index (χ4n) is 4.35. The van der Waals surface area contributed by atoms with E-state index >= 15 is 0 Å². The lowest BCUT2D eigenvalue weighted by molar-refractivity contribution is -0.343. The highest BCUT2D eigenvalue weighted by atomic mass is 16.8. The molecule has 1 saturated carbocycles. The molecule has 3 heterocycles. The number of carboxylic acids is 1. The molecule has 4 aliphatic rings. The number of aliphatic hydroxyl groups is 4. The maximum absolute atomic E-state index is 11.4. The van der Waals surface area contributed by atoms with Crippen molar-refractivity contribution in [3.05, 3.63) is 11.8 Å². The smallest absolute Gasteiger partial charge is 0.334 e. The number of carboxylic acid groups (broad SMARTS) is 1. The second kappa shape index (κ2) is 6.13. The van der Waals surface area contributed by atoms with Crippen LogP contribution in [-0.2, 0) is 23.7 Å². The Kier molecular flexibility index (Phi) is 4.27. The first-order valence-corrected chi connectivity index (χ1v) is 8.50. The van der Waals surface area contributed by atoms with Crippen molar-refractivity contribution in [2.45, 2.75) is 62.0 Å². The van der Waals surface area contributed by atoms with Crippen molar-refractivity contribution in [3.8, 4) is 0 Å². The summed E-state index contributed by atoms with van der Waals surface area (Å²) < 4.78 is 22.2. The Labute approximate surface area is 148 Å². The van der Waals surface area contributed by atoms with Gasteiger partial charge in [0, 0.05) is 5.92 Å². The molecule has 10 nitrogen and oxygen atoms in total. The van der Waals surface area contributed by atoms with E-state index in [1.807, 2.05) is 6.92 Å². The molecule has 3 fully saturated rings. The molecule has 10 atom stereocenters. The third kappa shape index (κ3) is 2.56. The van der Waals surface area contributed by atoms with Crippen molar-refractivity contribution in [3.63, 3.8) is 0 Å². The lowest BCUT2D eigenvalue weighted by atomic mass is 9.82. The highest BCUT2D eigenvalue weighted by Crippen LogP contribution is 2.61. The van der Waals surface area contributed by atoms with Crippen molar-refractivity contribution in [2.24, 2.45) is 11.8 Å². The van der Waals surface area contributed by atoms with E-state index in [0.29, 0.717) is 6.42 Å². The molecule has 3 aliphatic heterocycles. The molecule has 1 aliphatic carbocycles. The van der Waals surface area contributed by atoms with Gasteiger partial charge in [0.05, 0.1) is 30.5 Å². The van der Waals surface area contributed by atoms with Crippen LogP contribution in [0.3, 0.4) is 0 Å². The summed E-state index contributed by atoms with van der Waals surface area (Å²) in [5.41, 5.74) is -0.459. The van der Waals surface area contributed by atoms with E-state index in [9.17, 15) is 30.3 Å². The Hall–Kier alpha value is -1.27. The van der Waals surface area contributed by atoms with E-state index in [-0.39, 0.29) is 17.6 Å². The summed E-state index contributed by atoms with van der Waals surface area (Å²) in [6.07, 6.45) is -6.50. The number of epoxide rings is 1. The number of hydrogen-bond donors (Lipinski definition) is 5. The van der Waals surface area contributed by atoms with Crippen molar-refractivity contribution in [1.82, 2.24) is 0 Å². The molecule has 10 heteroatoms. The highest BCUT2D eigenvalue weighted by molar-refractivity contribution is 5.87. The summed E-state index contributed by atoms with van der Waals surface area (Å²) in [7, 11) is 0. The fourth-order valence-corrected chi connectivity index (χ4v) is 4.35. The Balaban J connectivity index is 1.55. The van der Waals surface area contributed by atoms with Crippen LogP contribution in [0, 0.1) is 11.8 Å². The number of rotatable bonds is 4. The molecule has 5 N–H and O–H groups in total. The van der Waals surface area contributed by atoms with Gasteiger partial charge in [-0.1, -0.05) is 0 Å².